The second-order valence-electron chi connectivity index (χ2n) is 8.48. The molecule has 0 radical (unpaired) electrons. The number of nitrogens with one attached hydrogen (secondary N) is 2. The van der Waals surface area contributed by atoms with Gasteiger partial charge in [0.05, 0.1) is 27.9 Å². The van der Waals surface area contributed by atoms with Crippen molar-refractivity contribution in [3.05, 3.63) is 83.7 Å². The van der Waals surface area contributed by atoms with Gasteiger partial charge in [0.2, 0.25) is 10.9 Å². The predicted molar refractivity (Wildman–Crippen MR) is 150 cm³/mol. The molecule has 0 bridgehead atoms. The normalized spacial score (nSPS) is 13.5. The molecule has 0 aliphatic carbocycles. The number of hydrogen-bond acceptors (Lipinski definition) is 18. The van der Waals surface area contributed by atoms with Gasteiger partial charge in [-0.05, 0) is 30.3 Å². The van der Waals surface area contributed by atoms with Crippen LogP contribution in [0.5, 0.6) is 5.75 Å². The molecule has 0 aromatic heterocycles. The van der Waals surface area contributed by atoms with E-state index < -0.39 is 117 Å². The molecule has 0 heterocycles. The Morgan fingerprint density at radius 1 is 0.804 bits per heavy atom. The smallest absolute Gasteiger partial charge is 0.397 e. The number of rotatable bonds is 12. The molecule has 0 aliphatic heterocycles. The van der Waals surface area contributed by atoms with Gasteiger partial charge in [-0.1, -0.05) is 0 Å². The summed E-state index contributed by atoms with van der Waals surface area (Å²) >= 11 is 0. The molecule has 3 aromatic rings. The van der Waals surface area contributed by atoms with Gasteiger partial charge in [-0.3, -0.25) is 44.2 Å². The molecule has 3 rings (SSSR count). The minimum Gasteiger partial charge on any atom is -0.504 e. The Morgan fingerprint density at radius 2 is 1.41 bits per heavy atom. The van der Waals surface area contributed by atoms with E-state index in [1.807, 2.05) is 10.9 Å². The van der Waals surface area contributed by atoms with E-state index in [0.29, 0.717) is 18.2 Å². The molecule has 248 valence electrons. The lowest BCUT2D eigenvalue weighted by atomic mass is 10.2. The standard InChI is InChI=1S/C20H17N5O17S4/c26-15-4-3-13(22-23-14-7-10(25(29)30)8-17(19(14)27)45(36,37)38)20(28)18(15)24-21-12-2-1-11(9-16(12)44(33,34)35)43(31,32)6-5-42-46(39,40)41/h1-4,7-9,21,23,27H,5-6H2,(H,33,34,35)(H,36,37,38)(H,39,40,41). The van der Waals surface area contributed by atoms with Gasteiger partial charge in [-0.2, -0.15) is 35.5 Å². The Kier molecular flexibility index (Phi) is 10.1. The summed E-state index contributed by atoms with van der Waals surface area (Å²) in [6, 6.07) is 4.41. The van der Waals surface area contributed by atoms with Crippen LogP contribution in [0.4, 0.5) is 17.1 Å². The first kappa shape index (κ1) is 35.8. The van der Waals surface area contributed by atoms with Crippen molar-refractivity contribution in [3.63, 3.8) is 0 Å². The maximum atomic E-state index is 12.9. The third kappa shape index (κ3) is 8.72. The molecule has 0 aliphatic rings. The number of nitro benzene ring substituents is 1. The van der Waals surface area contributed by atoms with Crippen molar-refractivity contribution in [3.8, 4) is 5.75 Å². The van der Waals surface area contributed by atoms with Crippen LogP contribution in [0, 0.1) is 10.1 Å². The number of benzene rings is 3. The Balaban J connectivity index is 2.06. The van der Waals surface area contributed by atoms with Gasteiger partial charge in [0.1, 0.15) is 20.8 Å². The van der Waals surface area contributed by atoms with Crippen LogP contribution in [-0.4, -0.2) is 69.7 Å². The zero-order chi connectivity index (χ0) is 34.8. The van der Waals surface area contributed by atoms with E-state index in [1.54, 1.807) is 0 Å². The first-order valence-electron chi connectivity index (χ1n) is 11.4. The lowest BCUT2D eigenvalue weighted by Gasteiger charge is -2.10. The van der Waals surface area contributed by atoms with Gasteiger partial charge in [-0.25, -0.2) is 12.6 Å². The van der Waals surface area contributed by atoms with Crippen LogP contribution in [0.1, 0.15) is 0 Å². The molecule has 3 aromatic carbocycles. The minimum absolute atomic E-state index is 0.338. The number of nitrogens with zero attached hydrogens (tertiary/aromatic N) is 3. The van der Waals surface area contributed by atoms with Crippen LogP contribution in [0.3, 0.4) is 0 Å². The first-order valence-corrected chi connectivity index (χ1v) is 17.3. The number of anilines is 2. The highest BCUT2D eigenvalue weighted by molar-refractivity contribution is 7.91. The molecule has 22 nitrogen and oxygen atoms in total. The van der Waals surface area contributed by atoms with Crippen molar-refractivity contribution in [1.29, 1.82) is 0 Å². The first-order chi connectivity index (χ1) is 21.0. The zero-order valence-electron chi connectivity index (χ0n) is 22.0. The summed E-state index contributed by atoms with van der Waals surface area (Å²) in [5, 5.41) is 26.6. The van der Waals surface area contributed by atoms with E-state index in [9.17, 15) is 67.6 Å². The summed E-state index contributed by atoms with van der Waals surface area (Å²) < 4.78 is 124. The van der Waals surface area contributed by atoms with Crippen LogP contribution < -0.4 is 32.4 Å². The van der Waals surface area contributed by atoms with Crippen LogP contribution in [0.2, 0.25) is 0 Å². The second-order valence-corrected chi connectivity index (χ2v) is 14.5. The van der Waals surface area contributed by atoms with E-state index in [-0.39, 0.29) is 0 Å². The van der Waals surface area contributed by atoms with Crippen molar-refractivity contribution in [2.24, 2.45) is 10.2 Å². The molecule has 6 N–H and O–H groups in total. The van der Waals surface area contributed by atoms with Crippen molar-refractivity contribution in [1.82, 2.24) is 0 Å². The highest BCUT2D eigenvalue weighted by Crippen LogP contribution is 2.35. The van der Waals surface area contributed by atoms with Crippen LogP contribution in [0.25, 0.3) is 0 Å². The van der Waals surface area contributed by atoms with Gasteiger partial charge in [0.15, 0.2) is 20.9 Å². The van der Waals surface area contributed by atoms with E-state index in [1.165, 1.54) is 0 Å². The molecule has 0 unspecified atom stereocenters. The molecular weight excluding hydrogens is 711 g/mol. The monoisotopic (exact) mass is 727 g/mol. The summed E-state index contributed by atoms with van der Waals surface area (Å²) in [7, 11) is -19.9. The number of phenols is 1. The maximum Gasteiger partial charge on any atom is 0.397 e. The zero-order valence-corrected chi connectivity index (χ0v) is 25.3. The number of aromatic hydroxyl groups is 1. The van der Waals surface area contributed by atoms with Gasteiger partial charge in [0.25, 0.3) is 25.9 Å². The molecule has 0 fully saturated rings. The Bertz CT molecular complexity index is 2420. The molecule has 0 amide bonds. The van der Waals surface area contributed by atoms with Crippen LogP contribution in [0.15, 0.2) is 76.9 Å². The lowest BCUT2D eigenvalue weighted by molar-refractivity contribution is -0.385. The number of nitro groups is 1. The van der Waals surface area contributed by atoms with E-state index in [4.69, 9.17) is 4.55 Å². The summed E-state index contributed by atoms with van der Waals surface area (Å²) in [5.41, 5.74) is -0.788. The van der Waals surface area contributed by atoms with Crippen molar-refractivity contribution < 1.29 is 61.5 Å². The second kappa shape index (κ2) is 13.0. The van der Waals surface area contributed by atoms with Crippen LogP contribution >= 0.6 is 0 Å². The molecule has 0 saturated carbocycles. The quantitative estimate of drug-likeness (QED) is 0.0500. The average Bonchev–Trinajstić information content (AvgIpc) is 2.91. The Morgan fingerprint density at radius 3 is 1.98 bits per heavy atom. The third-order valence-corrected chi connectivity index (χ3v) is 9.28. The van der Waals surface area contributed by atoms with E-state index in [2.05, 4.69) is 14.4 Å². The van der Waals surface area contributed by atoms with E-state index in [0.717, 1.165) is 24.3 Å². The topological polar surface area (TPSA) is 353 Å². The molecule has 0 saturated heterocycles. The average molecular weight is 728 g/mol. The molecule has 26 heteroatoms. The highest BCUT2D eigenvalue weighted by Gasteiger charge is 2.25. The molecule has 46 heavy (non-hydrogen) atoms. The Hall–Kier alpha value is -4.70. The molecule has 0 atom stereocenters. The SMILES string of the molecule is O=c1ccc(=NNc2cc([N+](=O)[O-])cc(S(=O)(=O)O)c2O)c(=O)c1=NNc1ccc(S(=O)(=O)CCOS(=O)(=O)O)cc1S(=O)(=O)O. The fraction of sp³-hybridized carbons (Fsp3) is 0.100. The molecular formula is C20H17N5O17S4. The molecule has 0 spiro atoms. The summed E-state index contributed by atoms with van der Waals surface area (Å²) in [6.07, 6.45) is 0. The van der Waals surface area contributed by atoms with Gasteiger partial charge < -0.3 is 5.11 Å². The van der Waals surface area contributed by atoms with Crippen molar-refractivity contribution in [2.45, 2.75) is 14.7 Å². The van der Waals surface area contributed by atoms with Gasteiger partial charge in [-0.15, -0.1) is 0 Å². The third-order valence-electron chi connectivity index (χ3n) is 5.38. The fourth-order valence-electron chi connectivity index (χ4n) is 3.32. The van der Waals surface area contributed by atoms with Crippen LogP contribution in [-0.2, 0) is 44.7 Å². The summed E-state index contributed by atoms with van der Waals surface area (Å²) in [4.78, 5) is 32.1. The van der Waals surface area contributed by atoms with Gasteiger partial charge >= 0.3 is 10.4 Å². The van der Waals surface area contributed by atoms with Crippen molar-refractivity contribution in [2.75, 3.05) is 23.2 Å². The number of phenolic OH excluding ortho intramolecular Hbond substituents is 1. The van der Waals surface area contributed by atoms with Gasteiger partial charge in [0, 0.05) is 12.1 Å². The highest BCUT2D eigenvalue weighted by atomic mass is 32.3. The Labute approximate surface area is 256 Å². The van der Waals surface area contributed by atoms with Crippen molar-refractivity contribution >= 4 is 57.5 Å². The lowest BCUT2D eigenvalue weighted by Crippen LogP contribution is -2.48. The fourth-order valence-corrected chi connectivity index (χ4v) is 6.20. The number of sulfone groups is 1. The largest absolute Gasteiger partial charge is 0.504 e. The maximum absolute atomic E-state index is 12.9. The number of hydrogen-bond donors (Lipinski definition) is 6. The summed E-state index contributed by atoms with van der Waals surface area (Å²) in [6.45, 7) is -1.06. The number of non-ortho nitro benzene ring substituents is 1. The minimum atomic E-state index is -5.23. The van der Waals surface area contributed by atoms with E-state index >= 15 is 0 Å². The predicted octanol–water partition coefficient (Wildman–Crippen LogP) is -2.16. The summed E-state index contributed by atoms with van der Waals surface area (Å²) in [5.74, 6) is -2.30.